The van der Waals surface area contributed by atoms with E-state index < -0.39 is 0 Å². The summed E-state index contributed by atoms with van der Waals surface area (Å²) >= 11 is 0. The Morgan fingerprint density at radius 1 is 1.06 bits per heavy atom. The van der Waals surface area contributed by atoms with Gasteiger partial charge in [0.1, 0.15) is 5.52 Å². The van der Waals surface area contributed by atoms with Crippen molar-refractivity contribution >= 4 is 11.1 Å². The van der Waals surface area contributed by atoms with Gasteiger partial charge in [-0.15, -0.1) is 0 Å². The molecule has 0 N–H and O–H groups in total. The zero-order valence-corrected chi connectivity index (χ0v) is 11.3. The van der Waals surface area contributed by atoms with Crippen molar-refractivity contribution in [2.24, 2.45) is 0 Å². The van der Waals surface area contributed by atoms with Gasteiger partial charge in [-0.25, -0.2) is 4.98 Å². The predicted octanol–water partition coefficient (Wildman–Crippen LogP) is 4.89. The van der Waals surface area contributed by atoms with Crippen LogP contribution < -0.4 is 0 Å². The zero-order chi connectivity index (χ0) is 12.6. The largest absolute Gasteiger partial charge is 0.443 e. The molecule has 0 bridgehead atoms. The van der Waals surface area contributed by atoms with E-state index in [4.69, 9.17) is 4.42 Å². The maximum Gasteiger partial charge on any atom is 0.182 e. The molecular formula is C14H23NO. The number of fused-ring (bicyclic) bond motifs is 1. The monoisotopic (exact) mass is 221 g/mol. The Bertz CT molecular complexity index is 368. The van der Waals surface area contributed by atoms with E-state index in [1.165, 1.54) is 18.4 Å². The van der Waals surface area contributed by atoms with E-state index in [2.05, 4.69) is 24.9 Å². The molecule has 0 aliphatic rings. The van der Waals surface area contributed by atoms with Crippen molar-refractivity contribution in [1.29, 1.82) is 0 Å². The third-order valence-electron chi connectivity index (χ3n) is 1.88. The third-order valence-corrected chi connectivity index (χ3v) is 1.88. The lowest BCUT2D eigenvalue weighted by Crippen LogP contribution is -1.78. The van der Waals surface area contributed by atoms with Gasteiger partial charge in [0, 0.05) is 0 Å². The molecular weight excluding hydrogens is 198 g/mol. The zero-order valence-electron chi connectivity index (χ0n) is 11.3. The molecule has 0 aliphatic carbocycles. The van der Waals surface area contributed by atoms with Gasteiger partial charge in [0.25, 0.3) is 0 Å². The first-order valence-corrected chi connectivity index (χ1v) is 6.00. The number of nitrogens with zero attached hydrogens (tertiary/aromatic N) is 1. The third kappa shape index (κ3) is 3.69. The van der Waals surface area contributed by atoms with Crippen molar-refractivity contribution in [3.8, 4) is 0 Å². The molecule has 0 radical (unpaired) electrons. The number of rotatable bonds is 0. The lowest BCUT2D eigenvalue weighted by molar-refractivity contribution is 0.600. The Hall–Kier alpha value is -1.31. The van der Waals surface area contributed by atoms with Gasteiger partial charge in [-0.05, 0) is 25.0 Å². The van der Waals surface area contributed by atoms with Crippen LogP contribution in [0.3, 0.4) is 0 Å². The first kappa shape index (κ1) is 14.7. The molecule has 2 heteroatoms. The van der Waals surface area contributed by atoms with Crippen LogP contribution in [-0.4, -0.2) is 4.98 Å². The summed E-state index contributed by atoms with van der Waals surface area (Å²) in [6.45, 7) is 12.3. The fourth-order valence-electron chi connectivity index (χ4n) is 1.21. The van der Waals surface area contributed by atoms with Crippen LogP contribution in [0.4, 0.5) is 0 Å². The summed E-state index contributed by atoms with van der Waals surface area (Å²) in [7, 11) is 0. The maximum absolute atomic E-state index is 5.22. The predicted molar refractivity (Wildman–Crippen MR) is 70.8 cm³/mol. The minimum absolute atomic E-state index is 0.907. The molecule has 0 spiro atoms. The first-order chi connectivity index (χ1) is 7.70. The fourth-order valence-corrected chi connectivity index (χ4v) is 1.21. The molecule has 2 aromatic rings. The standard InChI is InChI=1S/C9H9NO.C3H8.C2H6/c1-6-3-4-7(2)9-8(6)10-5-11-9;1-3-2;1-2/h3-5H,1-2H3;3H2,1-2H3;1-2H3. The minimum atomic E-state index is 0.907. The Balaban J connectivity index is 0.000000394. The van der Waals surface area contributed by atoms with E-state index in [0.717, 1.165) is 16.7 Å². The SMILES string of the molecule is CC.CCC.Cc1ccc(C)c2ocnc12. The second-order valence-electron chi connectivity index (χ2n) is 3.44. The van der Waals surface area contributed by atoms with Gasteiger partial charge in [0.15, 0.2) is 12.0 Å². The van der Waals surface area contributed by atoms with Crippen LogP contribution in [0.1, 0.15) is 45.2 Å². The van der Waals surface area contributed by atoms with E-state index in [-0.39, 0.29) is 0 Å². The van der Waals surface area contributed by atoms with Crippen molar-refractivity contribution < 1.29 is 4.42 Å². The molecule has 2 rings (SSSR count). The normalized spacial score (nSPS) is 8.88. The van der Waals surface area contributed by atoms with Crippen molar-refractivity contribution in [1.82, 2.24) is 4.98 Å². The highest BCUT2D eigenvalue weighted by Crippen LogP contribution is 2.19. The average Bonchev–Trinajstić information content (AvgIpc) is 2.78. The average molecular weight is 221 g/mol. The topological polar surface area (TPSA) is 26.0 Å². The van der Waals surface area contributed by atoms with Gasteiger partial charge >= 0.3 is 0 Å². The van der Waals surface area contributed by atoms with Crippen molar-refractivity contribution in [2.45, 2.75) is 48.0 Å². The molecule has 0 atom stereocenters. The first-order valence-electron chi connectivity index (χ1n) is 6.00. The number of oxazole rings is 1. The Morgan fingerprint density at radius 2 is 1.56 bits per heavy atom. The van der Waals surface area contributed by atoms with Crippen LogP contribution in [0.5, 0.6) is 0 Å². The molecule has 0 amide bonds. The molecule has 1 aromatic heterocycles. The fraction of sp³-hybridized carbons (Fsp3) is 0.500. The number of aryl methyl sites for hydroxylation is 2. The van der Waals surface area contributed by atoms with Gasteiger partial charge in [-0.2, -0.15) is 0 Å². The molecule has 0 fully saturated rings. The van der Waals surface area contributed by atoms with E-state index in [1.807, 2.05) is 33.8 Å². The number of hydrogen-bond acceptors (Lipinski definition) is 2. The van der Waals surface area contributed by atoms with E-state index in [1.54, 1.807) is 0 Å². The highest BCUT2D eigenvalue weighted by Gasteiger charge is 2.03. The highest BCUT2D eigenvalue weighted by molar-refractivity contribution is 5.78. The lowest BCUT2D eigenvalue weighted by atomic mass is 10.1. The smallest absolute Gasteiger partial charge is 0.182 e. The molecule has 1 aromatic carbocycles. The van der Waals surface area contributed by atoms with Crippen molar-refractivity contribution in [3.05, 3.63) is 29.7 Å². The van der Waals surface area contributed by atoms with Crippen LogP contribution in [-0.2, 0) is 0 Å². The van der Waals surface area contributed by atoms with E-state index >= 15 is 0 Å². The molecule has 0 saturated carbocycles. The number of hydrogen-bond donors (Lipinski definition) is 0. The molecule has 0 unspecified atom stereocenters. The Kier molecular flexibility index (Phi) is 7.27. The Morgan fingerprint density at radius 3 is 2.06 bits per heavy atom. The Labute approximate surface area is 98.7 Å². The van der Waals surface area contributed by atoms with E-state index in [0.29, 0.717) is 0 Å². The van der Waals surface area contributed by atoms with Gasteiger partial charge in [0.2, 0.25) is 0 Å². The van der Waals surface area contributed by atoms with Gasteiger partial charge in [0.05, 0.1) is 0 Å². The molecule has 90 valence electrons. The second kappa shape index (κ2) is 7.91. The summed E-state index contributed by atoms with van der Waals surface area (Å²) < 4.78 is 5.22. The van der Waals surface area contributed by atoms with Gasteiger partial charge < -0.3 is 4.42 Å². The molecule has 16 heavy (non-hydrogen) atoms. The van der Waals surface area contributed by atoms with Crippen LogP contribution >= 0.6 is 0 Å². The van der Waals surface area contributed by atoms with Crippen LogP contribution in [0.25, 0.3) is 11.1 Å². The summed E-state index contributed by atoms with van der Waals surface area (Å²) in [6.07, 6.45) is 2.74. The van der Waals surface area contributed by atoms with Crippen molar-refractivity contribution in [3.63, 3.8) is 0 Å². The summed E-state index contributed by atoms with van der Waals surface area (Å²) in [5.41, 5.74) is 4.19. The van der Waals surface area contributed by atoms with Gasteiger partial charge in [-0.3, -0.25) is 0 Å². The van der Waals surface area contributed by atoms with Crippen LogP contribution in [0.2, 0.25) is 0 Å². The van der Waals surface area contributed by atoms with Crippen molar-refractivity contribution in [2.75, 3.05) is 0 Å². The molecule has 2 nitrogen and oxygen atoms in total. The molecule has 0 saturated heterocycles. The lowest BCUT2D eigenvalue weighted by Gasteiger charge is -1.94. The maximum atomic E-state index is 5.22. The van der Waals surface area contributed by atoms with Gasteiger partial charge in [-0.1, -0.05) is 46.2 Å². The summed E-state index contributed by atoms with van der Waals surface area (Å²) in [4.78, 5) is 4.11. The van der Waals surface area contributed by atoms with Crippen LogP contribution in [0, 0.1) is 13.8 Å². The van der Waals surface area contributed by atoms with Crippen LogP contribution in [0.15, 0.2) is 22.9 Å². The summed E-state index contributed by atoms with van der Waals surface area (Å²) in [5.74, 6) is 0. The number of benzene rings is 1. The molecule has 1 heterocycles. The minimum Gasteiger partial charge on any atom is -0.443 e. The highest BCUT2D eigenvalue weighted by atomic mass is 16.3. The second-order valence-corrected chi connectivity index (χ2v) is 3.44. The quantitative estimate of drug-likeness (QED) is 0.633. The number of aromatic nitrogens is 1. The summed E-state index contributed by atoms with van der Waals surface area (Å²) in [6, 6.07) is 4.10. The van der Waals surface area contributed by atoms with E-state index in [9.17, 15) is 0 Å². The summed E-state index contributed by atoms with van der Waals surface area (Å²) in [5, 5.41) is 0. The molecule has 0 aliphatic heterocycles.